The van der Waals surface area contributed by atoms with Crippen LogP contribution < -0.4 is 5.73 Å². The molecule has 2 N–H and O–H groups in total. The SMILES string of the molecule is NC(=O)c1ccc(-c2cnn(C3CCc4cc(Br)cnc43)c2)cc1F. The average molecular weight is 401 g/mol. The lowest BCUT2D eigenvalue weighted by atomic mass is 10.1. The van der Waals surface area contributed by atoms with Crippen molar-refractivity contribution in [2.75, 3.05) is 0 Å². The van der Waals surface area contributed by atoms with Crippen LogP contribution in [-0.4, -0.2) is 20.7 Å². The Morgan fingerprint density at radius 2 is 2.12 bits per heavy atom. The summed E-state index contributed by atoms with van der Waals surface area (Å²) >= 11 is 3.45. The highest BCUT2D eigenvalue weighted by Gasteiger charge is 2.26. The van der Waals surface area contributed by atoms with Gasteiger partial charge < -0.3 is 5.73 Å². The molecule has 7 heteroatoms. The first kappa shape index (κ1) is 16.0. The molecule has 0 aliphatic heterocycles. The summed E-state index contributed by atoms with van der Waals surface area (Å²) in [4.78, 5) is 15.7. The Bertz CT molecular complexity index is 985. The van der Waals surface area contributed by atoms with E-state index in [1.54, 1.807) is 18.5 Å². The van der Waals surface area contributed by atoms with Crippen LogP contribution >= 0.6 is 15.9 Å². The topological polar surface area (TPSA) is 73.8 Å². The van der Waals surface area contributed by atoms with Gasteiger partial charge >= 0.3 is 0 Å². The van der Waals surface area contributed by atoms with Crippen molar-refractivity contribution in [2.45, 2.75) is 18.9 Å². The number of aryl methyl sites for hydroxylation is 1. The van der Waals surface area contributed by atoms with Gasteiger partial charge in [0, 0.05) is 22.4 Å². The van der Waals surface area contributed by atoms with E-state index in [2.05, 4.69) is 32.1 Å². The number of primary amides is 1. The molecule has 4 rings (SSSR count). The molecule has 0 saturated heterocycles. The third-order valence-electron chi connectivity index (χ3n) is 4.46. The minimum Gasteiger partial charge on any atom is -0.366 e. The fourth-order valence-electron chi connectivity index (χ4n) is 3.23. The number of nitrogens with zero attached hydrogens (tertiary/aromatic N) is 3. The van der Waals surface area contributed by atoms with Crippen molar-refractivity contribution in [1.82, 2.24) is 14.8 Å². The number of halogens is 2. The molecule has 0 fully saturated rings. The smallest absolute Gasteiger partial charge is 0.251 e. The number of aromatic nitrogens is 3. The van der Waals surface area contributed by atoms with Crippen molar-refractivity contribution in [2.24, 2.45) is 5.73 Å². The van der Waals surface area contributed by atoms with Crippen LogP contribution in [0.4, 0.5) is 4.39 Å². The summed E-state index contributed by atoms with van der Waals surface area (Å²) in [5.74, 6) is -1.41. The fourth-order valence-corrected chi connectivity index (χ4v) is 3.61. The Morgan fingerprint density at radius 1 is 1.28 bits per heavy atom. The molecule has 2 heterocycles. The normalized spacial score (nSPS) is 16.0. The quantitative estimate of drug-likeness (QED) is 0.731. The van der Waals surface area contributed by atoms with Crippen LogP contribution in [0.2, 0.25) is 0 Å². The molecule has 0 bridgehead atoms. The van der Waals surface area contributed by atoms with E-state index < -0.39 is 11.7 Å². The zero-order valence-corrected chi connectivity index (χ0v) is 14.7. The number of hydrogen-bond donors (Lipinski definition) is 1. The third kappa shape index (κ3) is 2.84. The van der Waals surface area contributed by atoms with Crippen LogP contribution in [0.3, 0.4) is 0 Å². The number of rotatable bonds is 3. The molecule has 0 radical (unpaired) electrons. The lowest BCUT2D eigenvalue weighted by Gasteiger charge is -2.11. The number of carbonyl (C=O) groups excluding carboxylic acids is 1. The number of carbonyl (C=O) groups is 1. The molecule has 1 aliphatic rings. The Labute approximate surface area is 151 Å². The molecule has 126 valence electrons. The van der Waals surface area contributed by atoms with Crippen molar-refractivity contribution >= 4 is 21.8 Å². The maximum atomic E-state index is 14.0. The van der Waals surface area contributed by atoms with Gasteiger partial charge in [-0.15, -0.1) is 0 Å². The molecule has 25 heavy (non-hydrogen) atoms. The second-order valence-electron chi connectivity index (χ2n) is 6.02. The largest absolute Gasteiger partial charge is 0.366 e. The summed E-state index contributed by atoms with van der Waals surface area (Å²) in [5, 5.41) is 4.43. The predicted octanol–water partition coefficient (Wildman–Crippen LogP) is 3.48. The van der Waals surface area contributed by atoms with Gasteiger partial charge in [0.25, 0.3) is 5.91 Å². The van der Waals surface area contributed by atoms with Crippen LogP contribution in [0, 0.1) is 5.82 Å². The first-order valence-corrected chi connectivity index (χ1v) is 8.60. The lowest BCUT2D eigenvalue weighted by molar-refractivity contribution is 0.0996. The molecule has 0 spiro atoms. The van der Waals surface area contributed by atoms with E-state index in [1.165, 1.54) is 17.7 Å². The van der Waals surface area contributed by atoms with Gasteiger partial charge in [-0.05, 0) is 58.1 Å². The summed E-state index contributed by atoms with van der Waals surface area (Å²) < 4.78 is 16.8. The molecule has 3 aromatic rings. The summed E-state index contributed by atoms with van der Waals surface area (Å²) in [6.07, 6.45) is 7.23. The van der Waals surface area contributed by atoms with Gasteiger partial charge in [-0.2, -0.15) is 5.10 Å². The van der Waals surface area contributed by atoms with Crippen LogP contribution in [0.25, 0.3) is 11.1 Å². The molecule has 1 aliphatic carbocycles. The molecular formula is C18H14BrFN4O. The zero-order chi connectivity index (χ0) is 17.6. The fraction of sp³-hybridized carbons (Fsp3) is 0.167. The van der Waals surface area contributed by atoms with E-state index in [0.717, 1.165) is 28.6 Å². The maximum Gasteiger partial charge on any atom is 0.251 e. The molecule has 2 aromatic heterocycles. The van der Waals surface area contributed by atoms with Crippen LogP contribution in [0.5, 0.6) is 0 Å². The molecule has 1 unspecified atom stereocenters. The van der Waals surface area contributed by atoms with Gasteiger partial charge in [0.15, 0.2) is 0 Å². The van der Waals surface area contributed by atoms with E-state index in [0.29, 0.717) is 5.56 Å². The molecular weight excluding hydrogens is 387 g/mol. The second kappa shape index (κ2) is 6.07. The Kier molecular flexibility index (Phi) is 3.88. The van der Waals surface area contributed by atoms with Crippen molar-refractivity contribution in [3.8, 4) is 11.1 Å². The number of amides is 1. The minimum absolute atomic E-state index is 0.0755. The van der Waals surface area contributed by atoms with Gasteiger partial charge in [0.2, 0.25) is 0 Å². The van der Waals surface area contributed by atoms with E-state index in [4.69, 9.17) is 5.73 Å². The summed E-state index contributed by atoms with van der Waals surface area (Å²) in [6.45, 7) is 0. The summed E-state index contributed by atoms with van der Waals surface area (Å²) in [6, 6.07) is 6.53. The van der Waals surface area contributed by atoms with Gasteiger partial charge in [0.1, 0.15) is 5.82 Å². The van der Waals surface area contributed by atoms with Gasteiger partial charge in [-0.1, -0.05) is 6.07 Å². The molecule has 1 amide bonds. The van der Waals surface area contributed by atoms with E-state index in [-0.39, 0.29) is 11.6 Å². The highest BCUT2D eigenvalue weighted by atomic mass is 79.9. The van der Waals surface area contributed by atoms with Crippen molar-refractivity contribution in [3.05, 3.63) is 70.0 Å². The number of benzene rings is 1. The van der Waals surface area contributed by atoms with Crippen molar-refractivity contribution in [1.29, 1.82) is 0 Å². The molecule has 1 atom stereocenters. The van der Waals surface area contributed by atoms with Gasteiger partial charge in [0.05, 0.1) is 23.5 Å². The molecule has 5 nitrogen and oxygen atoms in total. The number of fused-ring (bicyclic) bond motifs is 1. The standard InChI is InChI=1S/C18H14BrFN4O/c19-13-5-11-2-4-16(17(11)22-8-13)24-9-12(7-23-24)10-1-3-14(18(21)25)15(20)6-10/h1,3,5-9,16H,2,4H2,(H2,21,25). The van der Waals surface area contributed by atoms with Gasteiger partial charge in [-0.3, -0.25) is 14.5 Å². The average Bonchev–Trinajstić information content (AvgIpc) is 3.20. The van der Waals surface area contributed by atoms with E-state index in [9.17, 15) is 9.18 Å². The number of nitrogens with two attached hydrogens (primary N) is 1. The zero-order valence-electron chi connectivity index (χ0n) is 13.1. The highest BCUT2D eigenvalue weighted by Crippen LogP contribution is 2.34. The van der Waals surface area contributed by atoms with Crippen LogP contribution in [-0.2, 0) is 6.42 Å². The Balaban J connectivity index is 1.66. The monoisotopic (exact) mass is 400 g/mol. The summed E-state index contributed by atoms with van der Waals surface area (Å²) in [5.41, 5.74) is 8.69. The summed E-state index contributed by atoms with van der Waals surface area (Å²) in [7, 11) is 0. The highest BCUT2D eigenvalue weighted by molar-refractivity contribution is 9.10. The first-order chi connectivity index (χ1) is 12.0. The Morgan fingerprint density at radius 3 is 2.88 bits per heavy atom. The lowest BCUT2D eigenvalue weighted by Crippen LogP contribution is -2.12. The number of hydrogen-bond acceptors (Lipinski definition) is 3. The van der Waals surface area contributed by atoms with Gasteiger partial charge in [-0.25, -0.2) is 4.39 Å². The molecule has 0 saturated carbocycles. The van der Waals surface area contributed by atoms with Crippen molar-refractivity contribution < 1.29 is 9.18 Å². The van der Waals surface area contributed by atoms with Crippen LogP contribution in [0.15, 0.2) is 47.3 Å². The van der Waals surface area contributed by atoms with E-state index in [1.807, 2.05) is 10.9 Å². The maximum absolute atomic E-state index is 14.0. The molecule has 1 aromatic carbocycles. The minimum atomic E-state index is -0.778. The second-order valence-corrected chi connectivity index (χ2v) is 6.94. The Hall–Kier alpha value is -2.54. The number of pyridine rings is 1. The third-order valence-corrected chi connectivity index (χ3v) is 4.89. The first-order valence-electron chi connectivity index (χ1n) is 7.81. The van der Waals surface area contributed by atoms with Crippen LogP contribution in [0.1, 0.15) is 34.1 Å². The van der Waals surface area contributed by atoms with Crippen molar-refractivity contribution in [3.63, 3.8) is 0 Å². The van der Waals surface area contributed by atoms with E-state index >= 15 is 0 Å². The predicted molar refractivity (Wildman–Crippen MR) is 94.5 cm³/mol.